The van der Waals surface area contributed by atoms with Gasteiger partial charge in [-0.3, -0.25) is 9.48 Å². The zero-order valence-corrected chi connectivity index (χ0v) is 11.1. The normalized spacial score (nSPS) is 10.3. The maximum atomic E-state index is 13.4. The van der Waals surface area contributed by atoms with E-state index in [1.54, 1.807) is 20.0 Å². The van der Waals surface area contributed by atoms with Crippen molar-refractivity contribution in [2.45, 2.75) is 6.92 Å². The van der Waals surface area contributed by atoms with Crippen LogP contribution in [0.1, 0.15) is 26.4 Å². The van der Waals surface area contributed by atoms with Gasteiger partial charge in [-0.25, -0.2) is 9.18 Å². The minimum Gasteiger partial charge on any atom is -0.454 e. The molecule has 5 nitrogen and oxygen atoms in total. The number of rotatable bonds is 4. The molecule has 0 unspecified atom stereocenters. The summed E-state index contributed by atoms with van der Waals surface area (Å²) in [4.78, 5) is 23.5. The third kappa shape index (κ3) is 2.74. The number of hydrogen-bond donors (Lipinski definition) is 0. The van der Waals surface area contributed by atoms with Crippen molar-refractivity contribution in [2.24, 2.45) is 7.05 Å². The number of carbonyl (C=O) groups is 2. The molecule has 104 valence electrons. The number of ketones is 1. The van der Waals surface area contributed by atoms with Gasteiger partial charge < -0.3 is 4.74 Å². The number of halogens is 1. The van der Waals surface area contributed by atoms with Crippen LogP contribution in [0.3, 0.4) is 0 Å². The summed E-state index contributed by atoms with van der Waals surface area (Å²) in [6.07, 6.45) is 1.37. The van der Waals surface area contributed by atoms with Crippen LogP contribution in [0, 0.1) is 12.7 Å². The molecule has 1 aromatic heterocycles. The highest BCUT2D eigenvalue weighted by Gasteiger charge is 2.17. The van der Waals surface area contributed by atoms with Gasteiger partial charge in [0.25, 0.3) is 0 Å². The minimum atomic E-state index is -0.653. The van der Waals surface area contributed by atoms with Crippen LogP contribution in [-0.2, 0) is 11.8 Å². The van der Waals surface area contributed by atoms with Gasteiger partial charge in [0, 0.05) is 12.7 Å². The Hall–Kier alpha value is -2.50. The van der Waals surface area contributed by atoms with Crippen molar-refractivity contribution >= 4 is 11.8 Å². The largest absolute Gasteiger partial charge is 0.454 e. The molecule has 0 aliphatic carbocycles. The number of esters is 1. The van der Waals surface area contributed by atoms with Gasteiger partial charge in [-0.2, -0.15) is 5.10 Å². The van der Waals surface area contributed by atoms with Crippen LogP contribution in [0.5, 0.6) is 0 Å². The van der Waals surface area contributed by atoms with Crippen molar-refractivity contribution in [3.05, 3.63) is 53.1 Å². The summed E-state index contributed by atoms with van der Waals surface area (Å²) in [5.74, 6) is -1.87. The standard InChI is InChI=1S/C14H13FN2O3/c1-9-11(7-16-17(9)2)14(19)20-8-13(18)10-5-3-4-6-12(10)15/h3-7H,8H2,1-2H3. The molecule has 0 saturated heterocycles. The van der Waals surface area contributed by atoms with E-state index in [4.69, 9.17) is 4.74 Å². The lowest BCUT2D eigenvalue weighted by Gasteiger charge is -2.04. The Morgan fingerprint density at radius 1 is 1.30 bits per heavy atom. The molecule has 0 bridgehead atoms. The summed E-state index contributed by atoms with van der Waals surface area (Å²) in [6.45, 7) is 1.20. The molecule has 0 fully saturated rings. The number of nitrogens with zero attached hydrogens (tertiary/aromatic N) is 2. The van der Waals surface area contributed by atoms with Gasteiger partial charge in [0.1, 0.15) is 11.4 Å². The summed E-state index contributed by atoms with van der Waals surface area (Å²) >= 11 is 0. The summed E-state index contributed by atoms with van der Waals surface area (Å²) in [5.41, 5.74) is 0.824. The number of hydrogen-bond acceptors (Lipinski definition) is 4. The van der Waals surface area contributed by atoms with E-state index in [0.717, 1.165) is 0 Å². The molecule has 0 atom stereocenters. The molecular formula is C14H13FN2O3. The number of benzene rings is 1. The molecule has 0 aliphatic rings. The molecule has 6 heteroatoms. The van der Waals surface area contributed by atoms with Crippen molar-refractivity contribution in [2.75, 3.05) is 6.61 Å². The average Bonchev–Trinajstić information content (AvgIpc) is 2.76. The second kappa shape index (κ2) is 5.64. The number of carbonyl (C=O) groups excluding carboxylic acids is 2. The molecule has 0 saturated carbocycles. The first-order valence-corrected chi connectivity index (χ1v) is 5.94. The zero-order chi connectivity index (χ0) is 14.7. The lowest BCUT2D eigenvalue weighted by molar-refractivity contribution is 0.0472. The molecule has 0 amide bonds. The highest BCUT2D eigenvalue weighted by molar-refractivity contribution is 5.99. The Bertz CT molecular complexity index is 664. The average molecular weight is 276 g/mol. The fourth-order valence-electron chi connectivity index (χ4n) is 1.67. The van der Waals surface area contributed by atoms with Gasteiger partial charge in [0.05, 0.1) is 11.8 Å². The van der Waals surface area contributed by atoms with Crippen LogP contribution in [0.2, 0.25) is 0 Å². The highest BCUT2D eigenvalue weighted by atomic mass is 19.1. The molecular weight excluding hydrogens is 263 g/mol. The van der Waals surface area contributed by atoms with Gasteiger partial charge in [-0.15, -0.1) is 0 Å². The van der Waals surface area contributed by atoms with E-state index < -0.39 is 24.2 Å². The Labute approximate surface area is 115 Å². The number of aryl methyl sites for hydroxylation is 1. The van der Waals surface area contributed by atoms with Crippen molar-refractivity contribution in [1.82, 2.24) is 9.78 Å². The molecule has 0 N–H and O–H groups in total. The predicted molar refractivity (Wildman–Crippen MR) is 69.0 cm³/mol. The Morgan fingerprint density at radius 3 is 2.60 bits per heavy atom. The Balaban J connectivity index is 2.02. The van der Waals surface area contributed by atoms with Crippen molar-refractivity contribution in [3.8, 4) is 0 Å². The molecule has 1 aromatic carbocycles. The highest BCUT2D eigenvalue weighted by Crippen LogP contribution is 2.10. The van der Waals surface area contributed by atoms with Crippen molar-refractivity contribution in [3.63, 3.8) is 0 Å². The Kier molecular flexibility index (Phi) is 3.93. The fraction of sp³-hybridized carbons (Fsp3) is 0.214. The van der Waals surface area contributed by atoms with Crippen LogP contribution < -0.4 is 0 Å². The summed E-state index contributed by atoms with van der Waals surface area (Å²) < 4.78 is 19.8. The minimum absolute atomic E-state index is 0.0943. The van der Waals surface area contributed by atoms with Crippen LogP contribution in [0.25, 0.3) is 0 Å². The van der Waals surface area contributed by atoms with E-state index in [2.05, 4.69) is 5.10 Å². The van der Waals surface area contributed by atoms with E-state index in [0.29, 0.717) is 5.69 Å². The molecule has 20 heavy (non-hydrogen) atoms. The van der Waals surface area contributed by atoms with E-state index in [9.17, 15) is 14.0 Å². The maximum absolute atomic E-state index is 13.4. The van der Waals surface area contributed by atoms with Gasteiger partial charge >= 0.3 is 5.97 Å². The lowest BCUT2D eigenvalue weighted by Crippen LogP contribution is -2.15. The number of ether oxygens (including phenoxy) is 1. The molecule has 0 aliphatic heterocycles. The van der Waals surface area contributed by atoms with Crippen LogP contribution >= 0.6 is 0 Å². The topological polar surface area (TPSA) is 61.2 Å². The third-order valence-corrected chi connectivity index (χ3v) is 2.96. The van der Waals surface area contributed by atoms with Gasteiger partial charge in [0.15, 0.2) is 6.61 Å². The van der Waals surface area contributed by atoms with Crippen molar-refractivity contribution in [1.29, 1.82) is 0 Å². The first-order chi connectivity index (χ1) is 9.50. The van der Waals surface area contributed by atoms with Crippen molar-refractivity contribution < 1.29 is 18.7 Å². The van der Waals surface area contributed by atoms with Gasteiger partial charge in [0.2, 0.25) is 5.78 Å². The zero-order valence-electron chi connectivity index (χ0n) is 11.1. The van der Waals surface area contributed by atoms with E-state index in [1.807, 2.05) is 0 Å². The third-order valence-electron chi connectivity index (χ3n) is 2.96. The molecule has 2 rings (SSSR count). The maximum Gasteiger partial charge on any atom is 0.342 e. The van der Waals surface area contributed by atoms with E-state index in [1.165, 1.54) is 29.1 Å². The SMILES string of the molecule is Cc1c(C(=O)OCC(=O)c2ccccc2F)cnn1C. The molecule has 0 radical (unpaired) electrons. The van der Waals surface area contributed by atoms with E-state index in [-0.39, 0.29) is 11.1 Å². The summed E-state index contributed by atoms with van der Waals surface area (Å²) in [5, 5.41) is 3.91. The van der Waals surface area contributed by atoms with Crippen LogP contribution in [-0.4, -0.2) is 28.1 Å². The number of aromatic nitrogens is 2. The van der Waals surface area contributed by atoms with Gasteiger partial charge in [-0.1, -0.05) is 12.1 Å². The molecule has 0 spiro atoms. The predicted octanol–water partition coefficient (Wildman–Crippen LogP) is 1.91. The Morgan fingerprint density at radius 2 is 2.00 bits per heavy atom. The second-order valence-corrected chi connectivity index (χ2v) is 4.25. The second-order valence-electron chi connectivity index (χ2n) is 4.25. The van der Waals surface area contributed by atoms with Crippen LogP contribution in [0.15, 0.2) is 30.5 Å². The number of Topliss-reactive ketones (excluding diaryl/α,β-unsaturated/α-hetero) is 1. The lowest BCUT2D eigenvalue weighted by atomic mass is 10.1. The molecule has 1 heterocycles. The van der Waals surface area contributed by atoms with Crippen LogP contribution in [0.4, 0.5) is 4.39 Å². The fourth-order valence-corrected chi connectivity index (χ4v) is 1.67. The summed E-state index contributed by atoms with van der Waals surface area (Å²) in [7, 11) is 1.69. The van der Waals surface area contributed by atoms with Gasteiger partial charge in [-0.05, 0) is 19.1 Å². The first kappa shape index (κ1) is 13.9. The quantitative estimate of drug-likeness (QED) is 0.632. The monoisotopic (exact) mass is 276 g/mol. The summed E-state index contributed by atoms with van der Waals surface area (Å²) in [6, 6.07) is 5.56. The molecule has 2 aromatic rings. The van der Waals surface area contributed by atoms with E-state index >= 15 is 0 Å². The first-order valence-electron chi connectivity index (χ1n) is 5.94. The smallest absolute Gasteiger partial charge is 0.342 e.